The van der Waals surface area contributed by atoms with E-state index in [-0.39, 0.29) is 31.0 Å². The zero-order valence-corrected chi connectivity index (χ0v) is 15.9. The number of carbonyl (C=O) groups excluding carboxylic acids is 1. The van der Waals surface area contributed by atoms with Gasteiger partial charge in [-0.3, -0.25) is 9.78 Å². The van der Waals surface area contributed by atoms with Crippen molar-refractivity contribution < 1.29 is 31.5 Å². The Balaban J connectivity index is 1.40. The number of rotatable bonds is 5. The minimum atomic E-state index is -4.47. The van der Waals surface area contributed by atoms with Crippen LogP contribution in [0.4, 0.5) is 22.0 Å². The first-order valence-electron chi connectivity index (χ1n) is 9.35. The summed E-state index contributed by atoms with van der Waals surface area (Å²) in [5, 5.41) is 3.25. The average Bonchev–Trinajstić information content (AvgIpc) is 2.66. The third kappa shape index (κ3) is 5.07. The first-order valence-corrected chi connectivity index (χ1v) is 9.35. The highest BCUT2D eigenvalue weighted by Crippen LogP contribution is 2.37. The van der Waals surface area contributed by atoms with Gasteiger partial charge in [0.2, 0.25) is 11.8 Å². The Morgan fingerprint density at radius 1 is 1.13 bits per heavy atom. The second-order valence-corrected chi connectivity index (χ2v) is 7.35. The van der Waals surface area contributed by atoms with Crippen LogP contribution in [-0.4, -0.2) is 27.8 Å². The number of alkyl halides is 5. The molecule has 0 bridgehead atoms. The summed E-state index contributed by atoms with van der Waals surface area (Å²) < 4.78 is 69.0. The number of ether oxygens (including phenoxy) is 1. The fraction of sp³-hybridized carbons (Fsp3) is 0.286. The number of nitrogens with zero attached hydrogens (tertiary/aromatic N) is 2. The summed E-state index contributed by atoms with van der Waals surface area (Å²) >= 11 is 0. The van der Waals surface area contributed by atoms with Crippen LogP contribution in [0.15, 0.2) is 48.7 Å². The standard InChI is InChI=1S/C21H16F5N3O2/c22-20(23)9-15(10-20)29-18(30)8-14-3-1-12-7-16(4-5-17(12)28-14)31-19-6-2-13(11-27-19)21(24,25)26/h1-7,11,15H,8-10H2,(H,29,30). The predicted octanol–water partition coefficient (Wildman–Crippen LogP) is 4.90. The number of nitrogens with one attached hydrogen (secondary N) is 1. The normalized spacial score (nSPS) is 16.0. The SMILES string of the molecule is O=C(Cc1ccc2cc(Oc3ccc(C(F)(F)F)cn3)ccc2n1)NC1CC(F)(F)C1. The van der Waals surface area contributed by atoms with E-state index in [4.69, 9.17) is 4.74 Å². The molecule has 0 atom stereocenters. The van der Waals surface area contributed by atoms with Gasteiger partial charge in [0.15, 0.2) is 0 Å². The van der Waals surface area contributed by atoms with Crippen LogP contribution in [0.2, 0.25) is 0 Å². The Labute approximate surface area is 173 Å². The molecule has 3 aromatic rings. The molecule has 1 aliphatic carbocycles. The van der Waals surface area contributed by atoms with Crippen molar-refractivity contribution in [2.75, 3.05) is 0 Å². The Morgan fingerprint density at radius 3 is 2.55 bits per heavy atom. The van der Waals surface area contributed by atoms with E-state index in [1.165, 1.54) is 0 Å². The number of hydrogen-bond acceptors (Lipinski definition) is 4. The maximum Gasteiger partial charge on any atom is 0.417 e. The topological polar surface area (TPSA) is 64.1 Å². The van der Waals surface area contributed by atoms with Gasteiger partial charge in [0, 0.05) is 36.5 Å². The van der Waals surface area contributed by atoms with Gasteiger partial charge in [0.05, 0.1) is 23.2 Å². The van der Waals surface area contributed by atoms with E-state index < -0.39 is 23.7 Å². The largest absolute Gasteiger partial charge is 0.439 e. The van der Waals surface area contributed by atoms with Crippen LogP contribution in [0, 0.1) is 0 Å². The third-order valence-corrected chi connectivity index (χ3v) is 4.80. The number of fused-ring (bicyclic) bond motifs is 1. The van der Waals surface area contributed by atoms with E-state index in [2.05, 4.69) is 15.3 Å². The molecule has 0 radical (unpaired) electrons. The number of pyridine rings is 2. The number of hydrogen-bond donors (Lipinski definition) is 1. The van der Waals surface area contributed by atoms with Gasteiger partial charge in [-0.2, -0.15) is 13.2 Å². The molecular weight excluding hydrogens is 421 g/mol. The van der Waals surface area contributed by atoms with E-state index in [9.17, 15) is 26.7 Å². The van der Waals surface area contributed by atoms with Crippen LogP contribution in [0.25, 0.3) is 10.9 Å². The first kappa shape index (κ1) is 21.0. The van der Waals surface area contributed by atoms with Gasteiger partial charge in [-0.15, -0.1) is 0 Å². The highest BCUT2D eigenvalue weighted by Gasteiger charge is 2.45. The van der Waals surface area contributed by atoms with E-state index in [0.717, 1.165) is 12.1 Å². The Kier molecular flexibility index (Phi) is 5.24. The molecule has 0 unspecified atom stereocenters. The molecule has 1 fully saturated rings. The zero-order valence-electron chi connectivity index (χ0n) is 15.9. The van der Waals surface area contributed by atoms with Crippen molar-refractivity contribution in [3.05, 3.63) is 59.9 Å². The van der Waals surface area contributed by atoms with E-state index in [1.807, 2.05) is 0 Å². The lowest BCUT2D eigenvalue weighted by Crippen LogP contribution is -2.50. The molecule has 0 spiro atoms. The second kappa shape index (κ2) is 7.75. The maximum absolute atomic E-state index is 12.9. The molecule has 2 heterocycles. The minimum Gasteiger partial charge on any atom is -0.439 e. The second-order valence-electron chi connectivity index (χ2n) is 7.35. The van der Waals surface area contributed by atoms with E-state index in [0.29, 0.717) is 28.5 Å². The minimum absolute atomic E-state index is 0.00942. The molecule has 10 heteroatoms. The van der Waals surface area contributed by atoms with Gasteiger partial charge < -0.3 is 10.1 Å². The fourth-order valence-electron chi connectivity index (χ4n) is 3.24. The Hall–Kier alpha value is -3.30. The monoisotopic (exact) mass is 437 g/mol. The van der Waals surface area contributed by atoms with Crippen molar-refractivity contribution in [3.63, 3.8) is 0 Å². The van der Waals surface area contributed by atoms with Crippen molar-refractivity contribution in [2.24, 2.45) is 0 Å². The van der Waals surface area contributed by atoms with Crippen molar-refractivity contribution in [1.82, 2.24) is 15.3 Å². The molecule has 0 saturated heterocycles. The van der Waals surface area contributed by atoms with Crippen LogP contribution < -0.4 is 10.1 Å². The van der Waals surface area contributed by atoms with Gasteiger partial charge in [-0.05, 0) is 30.3 Å². The molecule has 162 valence electrons. The zero-order chi connectivity index (χ0) is 22.2. The van der Waals surface area contributed by atoms with Crippen LogP contribution in [0.3, 0.4) is 0 Å². The molecule has 1 aliphatic rings. The summed E-state index contributed by atoms with van der Waals surface area (Å²) in [6.07, 6.45) is -4.51. The quantitative estimate of drug-likeness (QED) is 0.577. The number of carbonyl (C=O) groups is 1. The molecule has 1 saturated carbocycles. The van der Waals surface area contributed by atoms with Gasteiger partial charge in [-0.1, -0.05) is 6.07 Å². The lowest BCUT2D eigenvalue weighted by Gasteiger charge is -2.35. The summed E-state index contributed by atoms with van der Waals surface area (Å²) in [5.41, 5.74) is 0.188. The maximum atomic E-state index is 12.9. The van der Waals surface area contributed by atoms with Crippen molar-refractivity contribution in [1.29, 1.82) is 0 Å². The van der Waals surface area contributed by atoms with Crippen molar-refractivity contribution in [3.8, 4) is 11.6 Å². The number of aromatic nitrogens is 2. The molecule has 4 rings (SSSR count). The van der Waals surface area contributed by atoms with E-state index in [1.54, 1.807) is 30.3 Å². The van der Waals surface area contributed by atoms with Crippen LogP contribution in [0.5, 0.6) is 11.6 Å². The van der Waals surface area contributed by atoms with Crippen LogP contribution in [-0.2, 0) is 17.4 Å². The van der Waals surface area contributed by atoms with Crippen LogP contribution >= 0.6 is 0 Å². The van der Waals surface area contributed by atoms with E-state index >= 15 is 0 Å². The van der Waals surface area contributed by atoms with Crippen LogP contribution in [0.1, 0.15) is 24.1 Å². The molecule has 1 N–H and O–H groups in total. The molecule has 0 aliphatic heterocycles. The number of amides is 1. The Bertz CT molecular complexity index is 1110. The molecule has 2 aromatic heterocycles. The molecular formula is C21H16F5N3O2. The number of benzene rings is 1. The van der Waals surface area contributed by atoms with Crippen molar-refractivity contribution >= 4 is 16.8 Å². The predicted molar refractivity (Wildman–Crippen MR) is 101 cm³/mol. The van der Waals surface area contributed by atoms with Gasteiger partial charge in [0.25, 0.3) is 5.92 Å². The van der Waals surface area contributed by atoms with Gasteiger partial charge >= 0.3 is 6.18 Å². The number of halogens is 5. The Morgan fingerprint density at radius 2 is 1.90 bits per heavy atom. The first-order chi connectivity index (χ1) is 14.6. The van der Waals surface area contributed by atoms with Gasteiger partial charge in [-0.25, -0.2) is 13.8 Å². The fourth-order valence-corrected chi connectivity index (χ4v) is 3.24. The highest BCUT2D eigenvalue weighted by molar-refractivity contribution is 5.82. The highest BCUT2D eigenvalue weighted by atomic mass is 19.4. The molecule has 31 heavy (non-hydrogen) atoms. The lowest BCUT2D eigenvalue weighted by atomic mass is 9.88. The summed E-state index contributed by atoms with van der Waals surface area (Å²) in [4.78, 5) is 20.1. The smallest absolute Gasteiger partial charge is 0.417 e. The van der Waals surface area contributed by atoms with Gasteiger partial charge in [0.1, 0.15) is 5.75 Å². The summed E-state index contributed by atoms with van der Waals surface area (Å²) in [5.74, 6) is -2.71. The molecule has 5 nitrogen and oxygen atoms in total. The van der Waals surface area contributed by atoms with Crippen molar-refractivity contribution in [2.45, 2.75) is 37.4 Å². The summed E-state index contributed by atoms with van der Waals surface area (Å²) in [7, 11) is 0. The average molecular weight is 437 g/mol. The third-order valence-electron chi connectivity index (χ3n) is 4.80. The summed E-state index contributed by atoms with van der Waals surface area (Å²) in [6.45, 7) is 0. The lowest BCUT2D eigenvalue weighted by molar-refractivity contribution is -0.138. The molecule has 1 amide bonds. The summed E-state index contributed by atoms with van der Waals surface area (Å²) in [6, 6.07) is 9.71. The molecule has 1 aromatic carbocycles.